The van der Waals surface area contributed by atoms with Crippen molar-refractivity contribution in [3.63, 3.8) is 0 Å². The van der Waals surface area contributed by atoms with E-state index in [1.807, 2.05) is 115 Å². The molecule has 10 heterocycles. The number of rotatable bonds is 13. The number of nitrogens with zero attached hydrogens (tertiary/aromatic N) is 14. The molecule has 10 aromatic heterocycles. The molecule has 696 valence electrons. The van der Waals surface area contributed by atoms with Gasteiger partial charge in [-0.25, -0.2) is 29.9 Å². The van der Waals surface area contributed by atoms with E-state index in [-0.39, 0.29) is 0 Å². The maximum Gasteiger partial charge on any atom is 0.238 e. The lowest BCUT2D eigenvalue weighted by Gasteiger charge is -2.12. The van der Waals surface area contributed by atoms with Crippen LogP contribution in [0.4, 0.5) is 0 Å². The molecule has 0 bridgehead atoms. The minimum atomic E-state index is 0.578. The number of hydrogen-bond donors (Lipinski definition) is 0. The number of benzene rings is 21. The minimum absolute atomic E-state index is 0.578. The van der Waals surface area contributed by atoms with Crippen LogP contribution in [0.3, 0.4) is 0 Å². The number of furan rings is 1. The molecule has 15 nitrogen and oxygen atoms in total. The summed E-state index contributed by atoms with van der Waals surface area (Å²) in [5.74, 6) is 4.40. The average Bonchev–Trinajstić information content (AvgIpc) is 1.55. The molecular weight excluding hydrogens is 1820 g/mol. The lowest BCUT2D eigenvalue weighted by atomic mass is 10.0. The molecule has 0 aliphatic heterocycles. The third-order valence-corrected chi connectivity index (χ3v) is 29.1. The van der Waals surface area contributed by atoms with Crippen LogP contribution in [0, 0.1) is 0 Å². The van der Waals surface area contributed by atoms with Gasteiger partial charge in [-0.3, -0.25) is 9.13 Å². The van der Waals surface area contributed by atoms with E-state index in [0.29, 0.717) is 41.0 Å². The van der Waals surface area contributed by atoms with Crippen LogP contribution in [0.1, 0.15) is 0 Å². The van der Waals surface area contributed by atoms with E-state index < -0.39 is 0 Å². The molecule has 31 aromatic rings. The van der Waals surface area contributed by atoms with Crippen molar-refractivity contribution >= 4 is 164 Å². The Morgan fingerprint density at radius 3 is 0.832 bits per heavy atom. The molecular formula is C134H84N14O. The fourth-order valence-electron chi connectivity index (χ4n) is 22.5. The summed E-state index contributed by atoms with van der Waals surface area (Å²) in [5, 5.41) is 17.7. The lowest BCUT2D eigenvalue weighted by molar-refractivity contribution is 0.669. The standard InChI is InChI=1S/2C45H29N5.C44H26N4O/c1-4-14-30(15-5-1)31-24-26-33(27-25-31)44-46-43(32-16-6-2-7-17-32)47-45(48-44)50-39-23-13-11-21-37(39)41-40(50)29-28-36-35-20-10-12-22-38(35)49(42(36)41)34-18-8-3-9-19-34;1-4-14-30(15-5-1)43-46-44(31-16-6-2-7-17-31)48-45(47-43)32-24-26-34(27-25-32)49-39-23-13-11-21-37(39)41-40(49)29-28-36-35-20-10-12-22-38(35)50(42(36)41)33-18-8-3-9-19-33;1-2-12-28(13-3-1)47-36-19-9-5-14-29(36)32-24-25-38-41(43(32)47)34-17-6-10-20-37(34)48(38)44-45-35-18-8-4-16-33(35)42(46-44)27-22-23-31-30-15-7-11-21-39(30)49-40(31)26-27/h2*1-29H;1-26H. The first kappa shape index (κ1) is 85.4. The summed E-state index contributed by atoms with van der Waals surface area (Å²) in [6.07, 6.45) is 0. The highest BCUT2D eigenvalue weighted by Crippen LogP contribution is 2.48. The van der Waals surface area contributed by atoms with Gasteiger partial charge in [-0.1, -0.05) is 370 Å². The quantitative estimate of drug-likeness (QED) is 0.110. The smallest absolute Gasteiger partial charge is 0.238 e. The van der Waals surface area contributed by atoms with Gasteiger partial charge in [0.15, 0.2) is 29.1 Å². The minimum Gasteiger partial charge on any atom is -0.456 e. The van der Waals surface area contributed by atoms with E-state index in [1.54, 1.807) is 0 Å². The van der Waals surface area contributed by atoms with E-state index in [1.165, 1.54) is 87.1 Å². The van der Waals surface area contributed by atoms with Crippen LogP contribution >= 0.6 is 0 Å². The molecule has 0 radical (unpaired) electrons. The van der Waals surface area contributed by atoms with Crippen molar-refractivity contribution in [3.05, 3.63) is 510 Å². The van der Waals surface area contributed by atoms with E-state index in [4.69, 9.17) is 44.3 Å². The Labute approximate surface area is 853 Å². The van der Waals surface area contributed by atoms with Crippen LogP contribution in [0.15, 0.2) is 514 Å². The van der Waals surface area contributed by atoms with Crippen molar-refractivity contribution < 1.29 is 4.42 Å². The van der Waals surface area contributed by atoms with Crippen LogP contribution < -0.4 is 0 Å². The number of fused-ring (bicyclic) bond motifs is 25. The van der Waals surface area contributed by atoms with Gasteiger partial charge in [-0.05, 0) is 151 Å². The lowest BCUT2D eigenvalue weighted by Crippen LogP contribution is -2.06. The first-order valence-corrected chi connectivity index (χ1v) is 50.1. The molecule has 15 heteroatoms. The number of aromatic nitrogens is 14. The van der Waals surface area contributed by atoms with Gasteiger partial charge in [-0.2, -0.15) is 9.97 Å². The molecule has 149 heavy (non-hydrogen) atoms. The second-order valence-electron chi connectivity index (χ2n) is 37.6. The van der Waals surface area contributed by atoms with Crippen molar-refractivity contribution in [1.29, 1.82) is 0 Å². The van der Waals surface area contributed by atoms with Crippen molar-refractivity contribution in [2.75, 3.05) is 0 Å². The van der Waals surface area contributed by atoms with Crippen molar-refractivity contribution in [2.45, 2.75) is 0 Å². The number of hydrogen-bond acceptors (Lipinski definition) is 9. The molecule has 0 aliphatic rings. The van der Waals surface area contributed by atoms with Crippen LogP contribution in [-0.4, -0.2) is 67.3 Å². The predicted octanol–water partition coefficient (Wildman–Crippen LogP) is 33.5. The second kappa shape index (κ2) is 35.3. The Hall–Kier alpha value is -20.4. The summed E-state index contributed by atoms with van der Waals surface area (Å²) in [6, 6.07) is 178. The zero-order valence-corrected chi connectivity index (χ0v) is 80.2. The van der Waals surface area contributed by atoms with Crippen LogP contribution in [-0.2, 0) is 0 Å². The van der Waals surface area contributed by atoms with E-state index in [0.717, 1.165) is 149 Å². The first-order valence-electron chi connectivity index (χ1n) is 50.1. The molecule has 0 spiro atoms. The molecule has 0 atom stereocenters. The Morgan fingerprint density at radius 2 is 0.416 bits per heavy atom. The molecule has 21 aromatic carbocycles. The van der Waals surface area contributed by atoms with Crippen LogP contribution in [0.25, 0.3) is 278 Å². The van der Waals surface area contributed by atoms with Gasteiger partial charge < -0.3 is 22.7 Å². The predicted molar refractivity (Wildman–Crippen MR) is 611 cm³/mol. The zero-order chi connectivity index (χ0) is 98.1. The van der Waals surface area contributed by atoms with Gasteiger partial charge in [0.2, 0.25) is 11.9 Å². The summed E-state index contributed by atoms with van der Waals surface area (Å²) in [5.41, 5.74) is 29.6. The Morgan fingerprint density at radius 1 is 0.148 bits per heavy atom. The van der Waals surface area contributed by atoms with E-state index >= 15 is 0 Å². The summed E-state index contributed by atoms with van der Waals surface area (Å²) >= 11 is 0. The maximum absolute atomic E-state index is 6.31. The molecule has 0 unspecified atom stereocenters. The van der Waals surface area contributed by atoms with Gasteiger partial charge in [0.05, 0.1) is 77.4 Å². The van der Waals surface area contributed by atoms with Gasteiger partial charge in [0.25, 0.3) is 0 Å². The van der Waals surface area contributed by atoms with E-state index in [9.17, 15) is 0 Å². The fraction of sp³-hybridized carbons (Fsp3) is 0. The van der Waals surface area contributed by atoms with Crippen LogP contribution in [0.2, 0.25) is 0 Å². The average molecular weight is 1910 g/mol. The summed E-state index contributed by atoms with van der Waals surface area (Å²) in [7, 11) is 0. The topological polar surface area (TPSA) is 146 Å². The fourth-order valence-corrected chi connectivity index (χ4v) is 22.5. The van der Waals surface area contributed by atoms with Crippen molar-refractivity contribution in [3.8, 4) is 114 Å². The highest BCUT2D eigenvalue weighted by molar-refractivity contribution is 6.29. The third kappa shape index (κ3) is 14.3. The third-order valence-electron chi connectivity index (χ3n) is 29.1. The highest BCUT2D eigenvalue weighted by atomic mass is 16.3. The van der Waals surface area contributed by atoms with Crippen LogP contribution in [0.5, 0.6) is 0 Å². The summed E-state index contributed by atoms with van der Waals surface area (Å²) in [6.45, 7) is 0. The van der Waals surface area contributed by atoms with Gasteiger partial charge >= 0.3 is 0 Å². The molecule has 0 saturated heterocycles. The highest BCUT2D eigenvalue weighted by Gasteiger charge is 2.29. The van der Waals surface area contributed by atoms with Crippen molar-refractivity contribution in [2.24, 2.45) is 0 Å². The Kier molecular flexibility index (Phi) is 20.2. The van der Waals surface area contributed by atoms with Gasteiger partial charge in [0, 0.05) is 137 Å². The SMILES string of the molecule is c1ccc(-c2ccc(-c3nc(-c4ccccc4)nc(-n4c5ccccc5c5c4ccc4c6ccccc6n(-c6ccccc6)c45)n3)cc2)cc1.c1ccc(-c2nc(-c3ccccc3)nc(-c3ccc(-n4c5ccccc5c5c4ccc4c6ccccc6n(-c6ccccc6)c45)cc3)n2)cc1.c1ccc(-n2c3ccccc3c3ccc4c(c5ccccc5n4-c4nc(-c5ccc6c(c5)oc5ccccc56)c5ccccc5n4)c32)cc1. The van der Waals surface area contributed by atoms with E-state index in [2.05, 4.69) is 422 Å². The molecule has 0 saturated carbocycles. The molecule has 31 rings (SSSR count). The first-order chi connectivity index (χ1) is 73.9. The summed E-state index contributed by atoms with van der Waals surface area (Å²) < 4.78 is 20.3. The van der Waals surface area contributed by atoms with Gasteiger partial charge in [0.1, 0.15) is 11.2 Å². The monoisotopic (exact) mass is 1900 g/mol. The molecule has 0 amide bonds. The normalized spacial score (nSPS) is 11.8. The number of para-hydroxylation sites is 11. The molecule has 0 aliphatic carbocycles. The molecule has 0 N–H and O–H groups in total. The van der Waals surface area contributed by atoms with Gasteiger partial charge in [-0.15, -0.1) is 0 Å². The second-order valence-corrected chi connectivity index (χ2v) is 37.6. The largest absolute Gasteiger partial charge is 0.456 e. The summed E-state index contributed by atoms with van der Waals surface area (Å²) in [4.78, 5) is 40.8. The zero-order valence-electron chi connectivity index (χ0n) is 80.2. The Bertz CT molecular complexity index is 10700. The van der Waals surface area contributed by atoms with Crippen molar-refractivity contribution in [1.82, 2.24) is 67.3 Å². The maximum atomic E-state index is 6.31. The molecule has 0 fully saturated rings. The Balaban J connectivity index is 0.000000105.